The fraction of sp³-hybridized carbons (Fsp3) is 0.529. The van der Waals surface area contributed by atoms with Crippen LogP contribution in [0.5, 0.6) is 0 Å². The zero-order valence-corrected chi connectivity index (χ0v) is 13.8. The van der Waals surface area contributed by atoms with Gasteiger partial charge in [0.1, 0.15) is 5.52 Å². The number of nitrogens with zero attached hydrogens (tertiary/aromatic N) is 1. The Balaban J connectivity index is 0.00000156. The number of nitrogens with one attached hydrogen (secondary N) is 2. The maximum atomic E-state index is 12.0. The molecule has 2 heterocycles. The van der Waals surface area contributed by atoms with Gasteiger partial charge in [0.05, 0.1) is 0 Å². The molecule has 5 nitrogen and oxygen atoms in total. The largest absolute Gasteiger partial charge is 0.440 e. The zero-order chi connectivity index (χ0) is 14.9. The van der Waals surface area contributed by atoms with E-state index in [-0.39, 0.29) is 18.3 Å². The van der Waals surface area contributed by atoms with Crippen LogP contribution >= 0.6 is 12.4 Å². The van der Waals surface area contributed by atoms with Gasteiger partial charge in [0.2, 0.25) is 5.91 Å². The Hall–Kier alpha value is -1.59. The summed E-state index contributed by atoms with van der Waals surface area (Å²) in [5.41, 5.74) is 2.43. The monoisotopic (exact) mass is 335 g/mol. The van der Waals surface area contributed by atoms with E-state index in [4.69, 9.17) is 4.42 Å². The first kappa shape index (κ1) is 16.3. The molecule has 2 N–H and O–H groups in total. The SMILES string of the molecule is Cl.O=C(CCC1CCCN1)Nc1ccc2oc(C3CC3)nc2c1. The Bertz CT molecular complexity index is 690. The first-order valence-electron chi connectivity index (χ1n) is 8.22. The van der Waals surface area contributed by atoms with Crippen LogP contribution in [0.2, 0.25) is 0 Å². The smallest absolute Gasteiger partial charge is 0.224 e. The van der Waals surface area contributed by atoms with Crippen LogP contribution in [0.4, 0.5) is 5.69 Å². The standard InChI is InChI=1S/C17H21N3O2.ClH/c21-16(8-6-12-2-1-9-18-12)19-13-5-7-15-14(10-13)20-17(22-15)11-3-4-11;/h5,7,10-12,18H,1-4,6,8-9H2,(H,19,21);1H. The minimum atomic E-state index is 0. The average Bonchev–Trinajstić information content (AvgIpc) is 3.08. The first-order valence-corrected chi connectivity index (χ1v) is 8.22. The molecule has 4 rings (SSSR count). The van der Waals surface area contributed by atoms with Crippen molar-refractivity contribution in [2.75, 3.05) is 11.9 Å². The molecule has 1 aromatic carbocycles. The lowest BCUT2D eigenvalue weighted by Gasteiger charge is -2.09. The van der Waals surface area contributed by atoms with E-state index >= 15 is 0 Å². The van der Waals surface area contributed by atoms with Crippen molar-refractivity contribution in [2.24, 2.45) is 0 Å². The molecule has 1 saturated carbocycles. The van der Waals surface area contributed by atoms with E-state index in [1.54, 1.807) is 0 Å². The van der Waals surface area contributed by atoms with Crippen molar-refractivity contribution in [3.63, 3.8) is 0 Å². The summed E-state index contributed by atoms with van der Waals surface area (Å²) >= 11 is 0. The Morgan fingerprint density at radius 1 is 1.35 bits per heavy atom. The number of anilines is 1. The van der Waals surface area contributed by atoms with Crippen LogP contribution in [0.3, 0.4) is 0 Å². The van der Waals surface area contributed by atoms with Gasteiger partial charge in [0.25, 0.3) is 0 Å². The number of carbonyl (C=O) groups is 1. The van der Waals surface area contributed by atoms with Crippen LogP contribution in [0.25, 0.3) is 11.1 Å². The van der Waals surface area contributed by atoms with Gasteiger partial charge < -0.3 is 15.1 Å². The third kappa shape index (κ3) is 3.85. The molecule has 0 bridgehead atoms. The van der Waals surface area contributed by atoms with Crippen LogP contribution in [0, 0.1) is 0 Å². The summed E-state index contributed by atoms with van der Waals surface area (Å²) in [6.45, 7) is 1.08. The highest BCUT2D eigenvalue weighted by molar-refractivity contribution is 5.92. The normalized spacial score (nSPS) is 20.4. The Labute approximate surface area is 141 Å². The molecule has 2 aliphatic rings. The summed E-state index contributed by atoms with van der Waals surface area (Å²) in [7, 11) is 0. The number of fused-ring (bicyclic) bond motifs is 1. The Kier molecular flexibility index (Phi) is 4.87. The maximum absolute atomic E-state index is 12.0. The summed E-state index contributed by atoms with van der Waals surface area (Å²) < 4.78 is 5.73. The third-order valence-corrected chi connectivity index (χ3v) is 4.50. The van der Waals surface area contributed by atoms with Gasteiger partial charge in [-0.25, -0.2) is 4.98 Å². The van der Waals surface area contributed by atoms with Crippen LogP contribution in [0.1, 0.15) is 50.3 Å². The van der Waals surface area contributed by atoms with Gasteiger partial charge in [-0.15, -0.1) is 12.4 Å². The van der Waals surface area contributed by atoms with Crippen molar-refractivity contribution in [3.05, 3.63) is 24.1 Å². The van der Waals surface area contributed by atoms with E-state index < -0.39 is 0 Å². The number of benzene rings is 1. The number of hydrogen-bond donors (Lipinski definition) is 2. The van der Waals surface area contributed by atoms with E-state index in [9.17, 15) is 4.79 Å². The van der Waals surface area contributed by atoms with Crippen molar-refractivity contribution < 1.29 is 9.21 Å². The van der Waals surface area contributed by atoms with E-state index in [0.29, 0.717) is 18.4 Å². The summed E-state index contributed by atoms with van der Waals surface area (Å²) in [5.74, 6) is 1.41. The van der Waals surface area contributed by atoms with Gasteiger partial charge in [-0.05, 0) is 56.8 Å². The van der Waals surface area contributed by atoms with Gasteiger partial charge in [0, 0.05) is 24.1 Å². The van der Waals surface area contributed by atoms with Crippen LogP contribution in [-0.4, -0.2) is 23.5 Å². The highest BCUT2D eigenvalue weighted by Gasteiger charge is 2.28. The molecule has 1 amide bonds. The molecule has 1 saturated heterocycles. The Morgan fingerprint density at radius 2 is 2.22 bits per heavy atom. The van der Waals surface area contributed by atoms with Gasteiger partial charge in [0.15, 0.2) is 11.5 Å². The van der Waals surface area contributed by atoms with Crippen molar-refractivity contribution in [1.82, 2.24) is 10.3 Å². The van der Waals surface area contributed by atoms with Gasteiger partial charge >= 0.3 is 0 Å². The molecule has 6 heteroatoms. The van der Waals surface area contributed by atoms with E-state index in [1.807, 2.05) is 18.2 Å². The summed E-state index contributed by atoms with van der Waals surface area (Å²) in [4.78, 5) is 16.6. The number of aromatic nitrogens is 1. The first-order chi connectivity index (χ1) is 10.8. The molecule has 1 atom stereocenters. The molecule has 2 aromatic rings. The Morgan fingerprint density at radius 3 is 2.96 bits per heavy atom. The summed E-state index contributed by atoms with van der Waals surface area (Å²) in [5, 5.41) is 6.38. The lowest BCUT2D eigenvalue weighted by Crippen LogP contribution is -2.23. The molecule has 0 spiro atoms. The number of carbonyl (C=O) groups excluding carboxylic acids is 1. The fourth-order valence-corrected chi connectivity index (χ4v) is 3.06. The van der Waals surface area contributed by atoms with Crippen LogP contribution in [0.15, 0.2) is 22.6 Å². The molecule has 1 aliphatic carbocycles. The third-order valence-electron chi connectivity index (χ3n) is 4.50. The lowest BCUT2D eigenvalue weighted by molar-refractivity contribution is -0.116. The second kappa shape index (κ2) is 6.89. The minimum absolute atomic E-state index is 0. The van der Waals surface area contributed by atoms with Gasteiger partial charge in [-0.2, -0.15) is 0 Å². The average molecular weight is 336 g/mol. The molecule has 1 aliphatic heterocycles. The molecular formula is C17H22ClN3O2. The molecular weight excluding hydrogens is 314 g/mol. The molecule has 23 heavy (non-hydrogen) atoms. The quantitative estimate of drug-likeness (QED) is 0.876. The number of hydrogen-bond acceptors (Lipinski definition) is 4. The highest BCUT2D eigenvalue weighted by atomic mass is 35.5. The van der Waals surface area contributed by atoms with E-state index in [1.165, 1.54) is 25.7 Å². The predicted molar refractivity (Wildman–Crippen MR) is 92.1 cm³/mol. The highest BCUT2D eigenvalue weighted by Crippen LogP contribution is 2.40. The van der Waals surface area contributed by atoms with Gasteiger partial charge in [-0.3, -0.25) is 4.79 Å². The van der Waals surface area contributed by atoms with Crippen LogP contribution in [-0.2, 0) is 4.79 Å². The molecule has 2 fully saturated rings. The van der Waals surface area contributed by atoms with Crippen molar-refractivity contribution in [2.45, 2.75) is 50.5 Å². The van der Waals surface area contributed by atoms with E-state index in [2.05, 4.69) is 15.6 Å². The number of rotatable bonds is 5. The summed E-state index contributed by atoms with van der Waals surface area (Å²) in [6.07, 6.45) is 6.21. The van der Waals surface area contributed by atoms with E-state index in [0.717, 1.165) is 35.6 Å². The summed E-state index contributed by atoms with van der Waals surface area (Å²) in [6, 6.07) is 6.18. The second-order valence-corrected chi connectivity index (χ2v) is 6.39. The number of halogens is 1. The predicted octanol–water partition coefficient (Wildman–Crippen LogP) is 3.60. The van der Waals surface area contributed by atoms with Crippen molar-refractivity contribution in [3.8, 4) is 0 Å². The lowest BCUT2D eigenvalue weighted by atomic mass is 10.1. The van der Waals surface area contributed by atoms with Crippen molar-refractivity contribution >= 4 is 35.1 Å². The topological polar surface area (TPSA) is 67.2 Å². The molecule has 0 radical (unpaired) electrons. The maximum Gasteiger partial charge on any atom is 0.224 e. The minimum Gasteiger partial charge on any atom is -0.440 e. The molecule has 1 unspecified atom stereocenters. The number of amides is 1. The van der Waals surface area contributed by atoms with Crippen molar-refractivity contribution in [1.29, 1.82) is 0 Å². The molecule has 124 valence electrons. The number of oxazole rings is 1. The van der Waals surface area contributed by atoms with Gasteiger partial charge in [-0.1, -0.05) is 0 Å². The second-order valence-electron chi connectivity index (χ2n) is 6.39. The van der Waals surface area contributed by atoms with Crippen LogP contribution < -0.4 is 10.6 Å². The zero-order valence-electron chi connectivity index (χ0n) is 13.0. The fourth-order valence-electron chi connectivity index (χ4n) is 3.06. The molecule has 1 aromatic heterocycles.